The van der Waals surface area contributed by atoms with Crippen molar-refractivity contribution in [3.8, 4) is 0 Å². The summed E-state index contributed by atoms with van der Waals surface area (Å²) in [4.78, 5) is 36.3. The topological polar surface area (TPSA) is 109 Å². The molecule has 0 fully saturated rings. The number of carboxylic acid groups (broad SMARTS) is 1. The fourth-order valence-corrected chi connectivity index (χ4v) is 4.01. The normalized spacial score (nSPS) is 16.8. The average Bonchev–Trinajstić information content (AvgIpc) is 2.65. The van der Waals surface area contributed by atoms with Crippen molar-refractivity contribution >= 4 is 17.8 Å². The molecule has 0 aliphatic heterocycles. The van der Waals surface area contributed by atoms with E-state index < -0.39 is 28.6 Å². The molecular formula is C24H44N2O4. The molecule has 0 aliphatic rings. The summed E-state index contributed by atoms with van der Waals surface area (Å²) < 4.78 is 0. The summed E-state index contributed by atoms with van der Waals surface area (Å²) in [6, 6.07) is 0. The Morgan fingerprint density at radius 3 is 2.07 bits per heavy atom. The molecule has 0 aromatic carbocycles. The second-order valence-electron chi connectivity index (χ2n) is 10.3. The summed E-state index contributed by atoms with van der Waals surface area (Å²) in [5.41, 5.74) is 5.23. The third kappa shape index (κ3) is 8.88. The fraction of sp³-hybridized carbons (Fsp3) is 0.792. The van der Waals surface area contributed by atoms with Crippen molar-refractivity contribution in [1.82, 2.24) is 5.32 Å². The second kappa shape index (κ2) is 11.5. The van der Waals surface area contributed by atoms with Gasteiger partial charge in [-0.15, -0.1) is 0 Å². The molecular weight excluding hydrogens is 380 g/mol. The Bertz CT molecular complexity index is 629. The lowest BCUT2D eigenvalue weighted by Gasteiger charge is -2.37. The van der Waals surface area contributed by atoms with E-state index in [2.05, 4.69) is 32.7 Å². The quantitative estimate of drug-likeness (QED) is 0.332. The van der Waals surface area contributed by atoms with Crippen molar-refractivity contribution in [3.63, 3.8) is 0 Å². The summed E-state index contributed by atoms with van der Waals surface area (Å²) in [6.45, 7) is 16.0. The van der Waals surface area contributed by atoms with E-state index in [0.29, 0.717) is 11.8 Å². The summed E-state index contributed by atoms with van der Waals surface area (Å²) in [5, 5.41) is 12.0. The zero-order valence-electron chi connectivity index (χ0n) is 20.2. The number of allylic oxidation sites excluding steroid dienone is 1. The SMILES string of the molecule is C=C(CCCC(C)(CC(C)(CC(C)C(=O)O)C(N)=O)C(=O)NC)CCC(C)(C)CC. The molecule has 0 aliphatic carbocycles. The van der Waals surface area contributed by atoms with Gasteiger partial charge in [0.2, 0.25) is 11.8 Å². The molecule has 0 heterocycles. The number of hydrogen-bond acceptors (Lipinski definition) is 3. The van der Waals surface area contributed by atoms with Gasteiger partial charge in [-0.3, -0.25) is 14.4 Å². The van der Waals surface area contributed by atoms with Gasteiger partial charge in [0.15, 0.2) is 0 Å². The molecule has 0 radical (unpaired) electrons. The number of carboxylic acids is 1. The molecule has 3 unspecified atom stereocenters. The molecule has 0 saturated heterocycles. The Labute approximate surface area is 183 Å². The van der Waals surface area contributed by atoms with E-state index in [1.54, 1.807) is 20.9 Å². The Morgan fingerprint density at radius 1 is 1.07 bits per heavy atom. The fourth-order valence-electron chi connectivity index (χ4n) is 4.01. The smallest absolute Gasteiger partial charge is 0.306 e. The average molecular weight is 425 g/mol. The van der Waals surface area contributed by atoms with E-state index in [0.717, 1.165) is 32.1 Å². The number of primary amides is 1. The number of amides is 2. The zero-order valence-corrected chi connectivity index (χ0v) is 20.2. The largest absolute Gasteiger partial charge is 0.481 e. The van der Waals surface area contributed by atoms with Crippen LogP contribution in [0.3, 0.4) is 0 Å². The number of nitrogens with two attached hydrogens (primary N) is 1. The summed E-state index contributed by atoms with van der Waals surface area (Å²) >= 11 is 0. The van der Waals surface area contributed by atoms with Crippen LogP contribution in [0.25, 0.3) is 0 Å². The first-order valence-corrected chi connectivity index (χ1v) is 11.0. The minimum Gasteiger partial charge on any atom is -0.481 e. The molecule has 0 rings (SSSR count). The van der Waals surface area contributed by atoms with Crippen LogP contribution in [0.4, 0.5) is 0 Å². The van der Waals surface area contributed by atoms with Gasteiger partial charge in [0.25, 0.3) is 0 Å². The predicted octanol–water partition coefficient (Wildman–Crippen LogP) is 4.67. The maximum absolute atomic E-state index is 12.7. The molecule has 0 spiro atoms. The highest BCUT2D eigenvalue weighted by molar-refractivity contribution is 5.85. The predicted molar refractivity (Wildman–Crippen MR) is 122 cm³/mol. The molecule has 2 amide bonds. The van der Waals surface area contributed by atoms with Crippen molar-refractivity contribution in [1.29, 1.82) is 0 Å². The van der Waals surface area contributed by atoms with Crippen LogP contribution < -0.4 is 11.1 Å². The number of aliphatic carboxylic acids is 1. The standard InChI is InChI=1S/C24H44N2O4/c1-9-22(4,5)14-12-17(2)11-10-13-23(6,21(30)26-8)16-24(7,20(25)29)15-18(3)19(27)28/h18H,2,9-16H2,1,3-8H3,(H2,25,29)(H,26,30)(H,27,28). The van der Waals surface area contributed by atoms with E-state index in [1.807, 2.05) is 6.92 Å². The zero-order chi connectivity index (χ0) is 23.8. The van der Waals surface area contributed by atoms with Crippen LogP contribution in [0.5, 0.6) is 0 Å². The Balaban J connectivity index is 5.22. The van der Waals surface area contributed by atoms with Gasteiger partial charge in [-0.05, 0) is 50.4 Å². The Morgan fingerprint density at radius 2 is 1.63 bits per heavy atom. The van der Waals surface area contributed by atoms with E-state index in [-0.39, 0.29) is 18.7 Å². The number of hydrogen-bond donors (Lipinski definition) is 3. The first-order valence-electron chi connectivity index (χ1n) is 11.0. The van der Waals surface area contributed by atoms with Crippen LogP contribution >= 0.6 is 0 Å². The molecule has 0 aromatic heterocycles. The number of carbonyl (C=O) groups is 3. The van der Waals surface area contributed by atoms with Gasteiger partial charge in [-0.1, -0.05) is 60.1 Å². The van der Waals surface area contributed by atoms with Gasteiger partial charge in [0, 0.05) is 17.9 Å². The first kappa shape index (κ1) is 28.1. The van der Waals surface area contributed by atoms with E-state index >= 15 is 0 Å². The lowest BCUT2D eigenvalue weighted by atomic mass is 9.66. The highest BCUT2D eigenvalue weighted by Crippen LogP contribution is 2.42. The van der Waals surface area contributed by atoms with Gasteiger partial charge in [-0.2, -0.15) is 0 Å². The molecule has 3 atom stereocenters. The van der Waals surface area contributed by atoms with Crippen molar-refractivity contribution in [2.24, 2.45) is 27.9 Å². The van der Waals surface area contributed by atoms with E-state index in [9.17, 15) is 19.5 Å². The summed E-state index contributed by atoms with van der Waals surface area (Å²) in [5.74, 6) is -2.43. The molecule has 4 N–H and O–H groups in total. The number of nitrogens with one attached hydrogen (secondary N) is 1. The molecule has 0 bridgehead atoms. The van der Waals surface area contributed by atoms with Crippen molar-refractivity contribution in [2.45, 2.75) is 92.9 Å². The molecule has 6 nitrogen and oxygen atoms in total. The molecule has 0 aromatic rings. The van der Waals surface area contributed by atoms with Gasteiger partial charge in [0.05, 0.1) is 5.92 Å². The van der Waals surface area contributed by atoms with Crippen LogP contribution in [-0.2, 0) is 14.4 Å². The second-order valence-corrected chi connectivity index (χ2v) is 10.3. The molecule has 174 valence electrons. The maximum Gasteiger partial charge on any atom is 0.306 e. The monoisotopic (exact) mass is 424 g/mol. The van der Waals surface area contributed by atoms with Crippen LogP contribution in [-0.4, -0.2) is 29.9 Å². The lowest BCUT2D eigenvalue weighted by molar-refractivity contribution is -0.144. The third-order valence-electron chi connectivity index (χ3n) is 6.70. The van der Waals surface area contributed by atoms with Crippen molar-refractivity contribution in [3.05, 3.63) is 12.2 Å². The Kier molecular flexibility index (Phi) is 10.8. The van der Waals surface area contributed by atoms with Crippen LogP contribution in [0.2, 0.25) is 0 Å². The first-order chi connectivity index (χ1) is 13.6. The number of rotatable bonds is 15. The van der Waals surface area contributed by atoms with Crippen LogP contribution in [0.1, 0.15) is 92.9 Å². The highest BCUT2D eigenvalue weighted by Gasteiger charge is 2.44. The maximum atomic E-state index is 12.7. The van der Waals surface area contributed by atoms with Gasteiger partial charge in [0.1, 0.15) is 0 Å². The van der Waals surface area contributed by atoms with E-state index in [4.69, 9.17) is 5.73 Å². The summed E-state index contributed by atoms with van der Waals surface area (Å²) in [7, 11) is 1.58. The van der Waals surface area contributed by atoms with Crippen LogP contribution in [0, 0.1) is 22.2 Å². The van der Waals surface area contributed by atoms with Crippen molar-refractivity contribution in [2.75, 3.05) is 7.05 Å². The van der Waals surface area contributed by atoms with Gasteiger partial charge < -0.3 is 16.2 Å². The highest BCUT2D eigenvalue weighted by atomic mass is 16.4. The lowest BCUT2D eigenvalue weighted by Crippen LogP contribution is -2.46. The van der Waals surface area contributed by atoms with Gasteiger partial charge >= 0.3 is 5.97 Å². The Hall–Kier alpha value is -1.85. The molecule has 6 heteroatoms. The van der Waals surface area contributed by atoms with E-state index in [1.165, 1.54) is 5.57 Å². The minimum atomic E-state index is -1.08. The van der Waals surface area contributed by atoms with Crippen molar-refractivity contribution < 1.29 is 19.5 Å². The van der Waals surface area contributed by atoms with Gasteiger partial charge in [-0.25, -0.2) is 0 Å². The number of carbonyl (C=O) groups excluding carboxylic acids is 2. The van der Waals surface area contributed by atoms with Crippen LogP contribution in [0.15, 0.2) is 12.2 Å². The third-order valence-corrected chi connectivity index (χ3v) is 6.70. The molecule has 0 saturated carbocycles. The molecule has 30 heavy (non-hydrogen) atoms. The minimum absolute atomic E-state index is 0.100. The summed E-state index contributed by atoms with van der Waals surface area (Å²) in [6.07, 6.45) is 5.66.